The van der Waals surface area contributed by atoms with Crippen LogP contribution in [0.2, 0.25) is 5.02 Å². The van der Waals surface area contributed by atoms with Gasteiger partial charge in [-0.05, 0) is 50.1 Å². The van der Waals surface area contributed by atoms with Crippen LogP contribution in [-0.4, -0.2) is 38.4 Å². The molecule has 1 fully saturated rings. The average Bonchev–Trinajstić information content (AvgIpc) is 2.48. The van der Waals surface area contributed by atoms with E-state index >= 15 is 0 Å². The van der Waals surface area contributed by atoms with E-state index in [0.717, 1.165) is 19.4 Å². The molecule has 1 N–H and O–H groups in total. The highest BCUT2D eigenvalue weighted by atomic mass is 35.5. The number of hydrogen-bond acceptors (Lipinski definition) is 3. The molecule has 0 amide bonds. The minimum atomic E-state index is -3.44. The van der Waals surface area contributed by atoms with Crippen molar-refractivity contribution in [3.05, 3.63) is 29.3 Å². The Labute approximate surface area is 132 Å². The van der Waals surface area contributed by atoms with Gasteiger partial charge in [-0.15, -0.1) is 0 Å². The van der Waals surface area contributed by atoms with Crippen LogP contribution in [0.4, 0.5) is 0 Å². The van der Waals surface area contributed by atoms with Crippen LogP contribution in [0.25, 0.3) is 0 Å². The minimum Gasteiger partial charge on any atom is -0.313 e. The molecule has 21 heavy (non-hydrogen) atoms. The Hall–Kier alpha value is -0.620. The zero-order valence-electron chi connectivity index (χ0n) is 12.4. The molecule has 0 bridgehead atoms. The summed E-state index contributed by atoms with van der Waals surface area (Å²) in [6.07, 6.45) is 4.18. The zero-order valence-corrected chi connectivity index (χ0v) is 14.0. The van der Waals surface area contributed by atoms with Gasteiger partial charge in [-0.2, -0.15) is 4.31 Å². The largest absolute Gasteiger partial charge is 0.313 e. The van der Waals surface area contributed by atoms with Crippen molar-refractivity contribution in [1.82, 2.24) is 9.62 Å². The third kappa shape index (κ3) is 4.42. The van der Waals surface area contributed by atoms with Crippen LogP contribution >= 0.6 is 11.6 Å². The van der Waals surface area contributed by atoms with Crippen molar-refractivity contribution < 1.29 is 8.42 Å². The van der Waals surface area contributed by atoms with E-state index in [1.54, 1.807) is 28.6 Å². The van der Waals surface area contributed by atoms with Gasteiger partial charge in [0.1, 0.15) is 0 Å². The van der Waals surface area contributed by atoms with Crippen molar-refractivity contribution >= 4 is 21.6 Å². The van der Waals surface area contributed by atoms with Gasteiger partial charge in [0.05, 0.1) is 4.90 Å². The summed E-state index contributed by atoms with van der Waals surface area (Å²) >= 11 is 5.84. The minimum absolute atomic E-state index is 0.257. The topological polar surface area (TPSA) is 49.4 Å². The number of rotatable bonds is 6. The molecule has 0 aliphatic carbocycles. The molecule has 1 aromatic rings. The van der Waals surface area contributed by atoms with Crippen molar-refractivity contribution in [1.29, 1.82) is 0 Å². The average molecular weight is 331 g/mol. The van der Waals surface area contributed by atoms with Gasteiger partial charge in [-0.1, -0.05) is 24.9 Å². The van der Waals surface area contributed by atoms with Crippen LogP contribution in [0.1, 0.15) is 32.6 Å². The number of benzene rings is 1. The smallest absolute Gasteiger partial charge is 0.243 e. The van der Waals surface area contributed by atoms with Crippen LogP contribution < -0.4 is 5.32 Å². The van der Waals surface area contributed by atoms with Crippen LogP contribution in [0.5, 0.6) is 0 Å². The van der Waals surface area contributed by atoms with Crippen molar-refractivity contribution in [2.45, 2.75) is 43.5 Å². The van der Waals surface area contributed by atoms with E-state index in [-0.39, 0.29) is 6.04 Å². The van der Waals surface area contributed by atoms with Crippen molar-refractivity contribution in [2.75, 3.05) is 19.6 Å². The summed E-state index contributed by atoms with van der Waals surface area (Å²) in [4.78, 5) is 0.316. The second kappa shape index (κ2) is 7.58. The maximum Gasteiger partial charge on any atom is 0.243 e. The molecule has 0 saturated carbocycles. The Morgan fingerprint density at radius 2 is 2.00 bits per heavy atom. The molecule has 0 radical (unpaired) electrons. The molecule has 4 nitrogen and oxygen atoms in total. The van der Waals surface area contributed by atoms with Gasteiger partial charge in [-0.3, -0.25) is 0 Å². The number of sulfonamides is 1. The molecule has 1 aliphatic heterocycles. The fraction of sp³-hybridized carbons (Fsp3) is 0.600. The summed E-state index contributed by atoms with van der Waals surface area (Å²) in [6, 6.07) is 6.66. The first-order chi connectivity index (χ1) is 10.0. The summed E-state index contributed by atoms with van der Waals surface area (Å²) < 4.78 is 27.1. The van der Waals surface area contributed by atoms with Gasteiger partial charge in [0.2, 0.25) is 10.0 Å². The Balaban J connectivity index is 2.16. The number of nitrogens with zero attached hydrogens (tertiary/aromatic N) is 1. The van der Waals surface area contributed by atoms with E-state index in [9.17, 15) is 8.42 Å². The summed E-state index contributed by atoms with van der Waals surface area (Å²) in [6.45, 7) is 4.06. The number of nitrogens with one attached hydrogen (secondary N) is 1. The Kier molecular flexibility index (Phi) is 6.05. The molecular formula is C15H23ClN2O2S. The monoisotopic (exact) mass is 330 g/mol. The molecule has 1 unspecified atom stereocenters. The second-order valence-electron chi connectivity index (χ2n) is 5.46. The van der Waals surface area contributed by atoms with Gasteiger partial charge in [0, 0.05) is 24.2 Å². The van der Waals surface area contributed by atoms with Gasteiger partial charge in [-0.25, -0.2) is 8.42 Å². The lowest BCUT2D eigenvalue weighted by molar-refractivity contribution is 0.312. The first-order valence-electron chi connectivity index (χ1n) is 7.53. The number of halogens is 1. The Morgan fingerprint density at radius 3 is 2.57 bits per heavy atom. The third-order valence-electron chi connectivity index (χ3n) is 3.76. The molecular weight excluding hydrogens is 308 g/mol. The van der Waals surface area contributed by atoms with Gasteiger partial charge < -0.3 is 5.32 Å². The van der Waals surface area contributed by atoms with Crippen molar-refractivity contribution in [2.24, 2.45) is 0 Å². The normalized spacial score (nSPS) is 19.9. The van der Waals surface area contributed by atoms with Crippen LogP contribution in [0, 0.1) is 0 Å². The molecule has 1 saturated heterocycles. The van der Waals surface area contributed by atoms with E-state index in [1.807, 2.05) is 6.92 Å². The summed E-state index contributed by atoms with van der Waals surface area (Å²) in [5.74, 6) is 0. The maximum absolute atomic E-state index is 12.8. The summed E-state index contributed by atoms with van der Waals surface area (Å²) in [7, 11) is -3.44. The number of piperidine rings is 1. The van der Waals surface area contributed by atoms with E-state index in [1.165, 1.54) is 12.8 Å². The fourth-order valence-electron chi connectivity index (χ4n) is 2.64. The van der Waals surface area contributed by atoms with E-state index in [2.05, 4.69) is 5.32 Å². The van der Waals surface area contributed by atoms with E-state index in [0.29, 0.717) is 23.0 Å². The standard InChI is InChI=1S/C15H23ClN2O2S/c1-2-11-18(12-14-5-3-4-10-17-14)21(19,20)15-8-6-13(16)7-9-15/h6-9,14,17H,2-5,10-12H2,1H3. The maximum atomic E-state index is 12.8. The quantitative estimate of drug-likeness (QED) is 0.872. The number of hydrogen-bond donors (Lipinski definition) is 1. The summed E-state index contributed by atoms with van der Waals surface area (Å²) in [5, 5.41) is 3.96. The lowest BCUT2D eigenvalue weighted by Gasteiger charge is -2.30. The second-order valence-corrected chi connectivity index (χ2v) is 7.84. The Bertz CT molecular complexity index is 539. The third-order valence-corrected chi connectivity index (χ3v) is 5.89. The van der Waals surface area contributed by atoms with E-state index in [4.69, 9.17) is 11.6 Å². The SMILES string of the molecule is CCCN(CC1CCCCN1)S(=O)(=O)c1ccc(Cl)cc1. The summed E-state index contributed by atoms with van der Waals surface area (Å²) in [5.41, 5.74) is 0. The van der Waals surface area contributed by atoms with Gasteiger partial charge in [0.15, 0.2) is 0 Å². The van der Waals surface area contributed by atoms with Gasteiger partial charge in [0.25, 0.3) is 0 Å². The predicted octanol–water partition coefficient (Wildman–Crippen LogP) is 2.88. The lowest BCUT2D eigenvalue weighted by atomic mass is 10.1. The highest BCUT2D eigenvalue weighted by molar-refractivity contribution is 7.89. The van der Waals surface area contributed by atoms with Crippen LogP contribution in [0.15, 0.2) is 29.2 Å². The molecule has 1 aromatic carbocycles. The van der Waals surface area contributed by atoms with Gasteiger partial charge >= 0.3 is 0 Å². The molecule has 6 heteroatoms. The Morgan fingerprint density at radius 1 is 1.29 bits per heavy atom. The molecule has 118 valence electrons. The molecule has 1 heterocycles. The molecule has 0 spiro atoms. The van der Waals surface area contributed by atoms with Crippen LogP contribution in [-0.2, 0) is 10.0 Å². The van der Waals surface area contributed by atoms with Crippen LogP contribution in [0.3, 0.4) is 0 Å². The molecule has 1 aliphatic rings. The first-order valence-corrected chi connectivity index (χ1v) is 9.35. The van der Waals surface area contributed by atoms with Crippen molar-refractivity contribution in [3.63, 3.8) is 0 Å². The first kappa shape index (κ1) is 16.7. The van der Waals surface area contributed by atoms with Crippen molar-refractivity contribution in [3.8, 4) is 0 Å². The predicted molar refractivity (Wildman–Crippen MR) is 86.1 cm³/mol. The zero-order chi connectivity index (χ0) is 15.3. The lowest BCUT2D eigenvalue weighted by Crippen LogP contribution is -2.46. The molecule has 2 rings (SSSR count). The van der Waals surface area contributed by atoms with E-state index < -0.39 is 10.0 Å². The molecule has 1 atom stereocenters. The fourth-order valence-corrected chi connectivity index (χ4v) is 4.34. The highest BCUT2D eigenvalue weighted by Crippen LogP contribution is 2.20. The molecule has 0 aromatic heterocycles. The highest BCUT2D eigenvalue weighted by Gasteiger charge is 2.27.